The van der Waals surface area contributed by atoms with Gasteiger partial charge in [-0.15, -0.1) is 0 Å². The van der Waals surface area contributed by atoms with E-state index in [1.165, 1.54) is 5.56 Å². The summed E-state index contributed by atoms with van der Waals surface area (Å²) in [5.41, 5.74) is 1.88. The lowest BCUT2D eigenvalue weighted by Gasteiger charge is -2.05. The molecular formula is C11H12BrIO2. The predicted molar refractivity (Wildman–Crippen MR) is 72.6 cm³/mol. The molecule has 0 saturated heterocycles. The third-order valence-electron chi connectivity index (χ3n) is 1.93. The number of rotatable bonds is 4. The zero-order valence-electron chi connectivity index (χ0n) is 8.43. The Morgan fingerprint density at radius 2 is 2.27 bits per heavy atom. The summed E-state index contributed by atoms with van der Waals surface area (Å²) >= 11 is 5.64. The van der Waals surface area contributed by atoms with Crippen molar-refractivity contribution in [2.45, 2.75) is 13.3 Å². The van der Waals surface area contributed by atoms with Crippen molar-refractivity contribution in [1.29, 1.82) is 0 Å². The van der Waals surface area contributed by atoms with Crippen LogP contribution in [-0.4, -0.2) is 17.9 Å². The van der Waals surface area contributed by atoms with Crippen LogP contribution in [0.1, 0.15) is 22.8 Å². The molecule has 0 bridgehead atoms. The van der Waals surface area contributed by atoms with Gasteiger partial charge in [0.2, 0.25) is 0 Å². The molecule has 0 aliphatic carbocycles. The van der Waals surface area contributed by atoms with E-state index < -0.39 is 0 Å². The molecule has 0 heterocycles. The van der Waals surface area contributed by atoms with Crippen LogP contribution in [0.4, 0.5) is 0 Å². The van der Waals surface area contributed by atoms with Crippen LogP contribution in [0.3, 0.4) is 0 Å². The van der Waals surface area contributed by atoms with Crippen molar-refractivity contribution < 1.29 is 9.53 Å². The van der Waals surface area contributed by atoms with Crippen LogP contribution in [-0.2, 0) is 11.2 Å². The highest BCUT2D eigenvalue weighted by molar-refractivity contribution is 14.1. The Labute approximate surface area is 112 Å². The lowest BCUT2D eigenvalue weighted by molar-refractivity contribution is 0.0526. The summed E-state index contributed by atoms with van der Waals surface area (Å²) in [6, 6.07) is 5.67. The molecule has 15 heavy (non-hydrogen) atoms. The molecule has 4 heteroatoms. The number of halogens is 2. The zero-order valence-corrected chi connectivity index (χ0v) is 12.2. The Morgan fingerprint density at radius 1 is 1.53 bits per heavy atom. The van der Waals surface area contributed by atoms with Crippen LogP contribution in [0.5, 0.6) is 0 Å². The van der Waals surface area contributed by atoms with E-state index in [1.54, 1.807) is 0 Å². The highest BCUT2D eigenvalue weighted by Gasteiger charge is 2.08. The van der Waals surface area contributed by atoms with Crippen molar-refractivity contribution in [2.24, 2.45) is 0 Å². The number of hydrogen-bond donors (Lipinski definition) is 0. The minimum Gasteiger partial charge on any atom is -0.462 e. The smallest absolute Gasteiger partial charge is 0.338 e. The maximum Gasteiger partial charge on any atom is 0.338 e. The molecule has 2 nitrogen and oxygen atoms in total. The monoisotopic (exact) mass is 382 g/mol. The number of carbonyl (C=O) groups is 1. The Hall–Kier alpha value is -0.100. The topological polar surface area (TPSA) is 26.3 Å². The fraction of sp³-hybridized carbons (Fsp3) is 0.364. The third-order valence-corrected chi connectivity index (χ3v) is 3.33. The van der Waals surface area contributed by atoms with Gasteiger partial charge in [0, 0.05) is 8.90 Å². The summed E-state index contributed by atoms with van der Waals surface area (Å²) in [7, 11) is 0. The molecule has 0 unspecified atom stereocenters. The molecule has 0 radical (unpaired) electrons. The van der Waals surface area contributed by atoms with Gasteiger partial charge in [-0.1, -0.05) is 22.0 Å². The average molecular weight is 383 g/mol. The third kappa shape index (κ3) is 3.75. The number of hydrogen-bond acceptors (Lipinski definition) is 2. The maximum atomic E-state index is 11.4. The average Bonchev–Trinajstić information content (AvgIpc) is 2.21. The van der Waals surface area contributed by atoms with Gasteiger partial charge >= 0.3 is 5.97 Å². The van der Waals surface area contributed by atoms with Gasteiger partial charge in [0.25, 0.3) is 0 Å². The molecule has 0 aromatic heterocycles. The molecule has 0 atom stereocenters. The van der Waals surface area contributed by atoms with E-state index in [9.17, 15) is 4.79 Å². The molecule has 82 valence electrons. The van der Waals surface area contributed by atoms with Gasteiger partial charge in [-0.25, -0.2) is 4.79 Å². The zero-order chi connectivity index (χ0) is 11.3. The highest BCUT2D eigenvalue weighted by atomic mass is 127. The molecule has 0 fully saturated rings. The van der Waals surface area contributed by atoms with Gasteiger partial charge in [0.1, 0.15) is 0 Å². The van der Waals surface area contributed by atoms with Crippen molar-refractivity contribution in [3.05, 3.63) is 32.9 Å². The second-order valence-corrected chi connectivity index (χ2v) is 4.92. The first kappa shape index (κ1) is 13.0. The summed E-state index contributed by atoms with van der Waals surface area (Å²) < 4.78 is 6.04. The van der Waals surface area contributed by atoms with Crippen LogP contribution in [0.25, 0.3) is 0 Å². The number of benzene rings is 1. The molecule has 1 rings (SSSR count). The molecule has 0 amide bonds. The van der Waals surface area contributed by atoms with Crippen LogP contribution in [0.15, 0.2) is 18.2 Å². The number of aryl methyl sites for hydroxylation is 1. The highest BCUT2D eigenvalue weighted by Crippen LogP contribution is 2.16. The second kappa shape index (κ2) is 6.48. The molecular weight excluding hydrogens is 371 g/mol. The summed E-state index contributed by atoms with van der Waals surface area (Å²) in [6.07, 6.45) is 0.974. The van der Waals surface area contributed by atoms with E-state index in [2.05, 4.69) is 38.5 Å². The van der Waals surface area contributed by atoms with Gasteiger partial charge in [-0.2, -0.15) is 0 Å². The Morgan fingerprint density at radius 3 is 2.80 bits per heavy atom. The fourth-order valence-corrected chi connectivity index (χ4v) is 2.41. The van der Waals surface area contributed by atoms with Crippen LogP contribution >= 0.6 is 38.5 Å². The SMILES string of the molecule is CCOC(=O)c1ccc(CCBr)c(I)c1. The summed E-state index contributed by atoms with van der Waals surface area (Å²) in [5.74, 6) is -0.249. The Kier molecular flexibility index (Phi) is 5.60. The second-order valence-electron chi connectivity index (χ2n) is 2.97. The Balaban J connectivity index is 2.86. The van der Waals surface area contributed by atoms with Gasteiger partial charge in [0.15, 0.2) is 0 Å². The molecule has 0 aliphatic heterocycles. The maximum absolute atomic E-state index is 11.4. The van der Waals surface area contributed by atoms with E-state index in [-0.39, 0.29) is 5.97 Å². The minimum absolute atomic E-state index is 0.249. The van der Waals surface area contributed by atoms with Crippen molar-refractivity contribution in [1.82, 2.24) is 0 Å². The van der Waals surface area contributed by atoms with Crippen molar-refractivity contribution in [3.63, 3.8) is 0 Å². The van der Waals surface area contributed by atoms with Crippen molar-refractivity contribution in [2.75, 3.05) is 11.9 Å². The normalized spacial score (nSPS) is 10.1. The van der Waals surface area contributed by atoms with E-state index >= 15 is 0 Å². The number of ether oxygens (including phenoxy) is 1. The minimum atomic E-state index is -0.249. The van der Waals surface area contributed by atoms with Gasteiger partial charge < -0.3 is 4.74 Å². The van der Waals surface area contributed by atoms with E-state index in [4.69, 9.17) is 4.74 Å². The molecule has 0 N–H and O–H groups in total. The molecule has 1 aromatic carbocycles. The lowest BCUT2D eigenvalue weighted by Crippen LogP contribution is -2.05. The molecule has 0 spiro atoms. The first-order valence-electron chi connectivity index (χ1n) is 4.70. The van der Waals surface area contributed by atoms with Crippen molar-refractivity contribution in [3.8, 4) is 0 Å². The van der Waals surface area contributed by atoms with Gasteiger partial charge in [-0.3, -0.25) is 0 Å². The molecule has 1 aromatic rings. The predicted octanol–water partition coefficient (Wildman–Crippen LogP) is 3.41. The van der Waals surface area contributed by atoms with Crippen LogP contribution < -0.4 is 0 Å². The largest absolute Gasteiger partial charge is 0.462 e. The van der Waals surface area contributed by atoms with E-state index in [0.717, 1.165) is 15.3 Å². The fourth-order valence-electron chi connectivity index (χ4n) is 1.19. The summed E-state index contributed by atoms with van der Waals surface area (Å²) in [4.78, 5) is 11.4. The van der Waals surface area contributed by atoms with Crippen LogP contribution in [0.2, 0.25) is 0 Å². The number of esters is 1. The molecule has 0 saturated carbocycles. The van der Waals surface area contributed by atoms with E-state index in [1.807, 2.05) is 25.1 Å². The van der Waals surface area contributed by atoms with Crippen LogP contribution in [0, 0.1) is 3.57 Å². The first-order chi connectivity index (χ1) is 7.19. The van der Waals surface area contributed by atoms with Gasteiger partial charge in [-0.05, 0) is 53.6 Å². The van der Waals surface area contributed by atoms with Crippen molar-refractivity contribution >= 4 is 44.5 Å². The Bertz CT molecular complexity index is 352. The van der Waals surface area contributed by atoms with E-state index in [0.29, 0.717) is 12.2 Å². The number of alkyl halides is 1. The summed E-state index contributed by atoms with van der Waals surface area (Å²) in [6.45, 7) is 2.22. The summed E-state index contributed by atoms with van der Waals surface area (Å²) in [5, 5.41) is 0.932. The first-order valence-corrected chi connectivity index (χ1v) is 6.90. The lowest BCUT2D eigenvalue weighted by atomic mass is 10.1. The quantitative estimate of drug-likeness (QED) is 0.453. The molecule has 0 aliphatic rings. The number of carbonyl (C=O) groups excluding carboxylic acids is 1. The van der Waals surface area contributed by atoms with Gasteiger partial charge in [0.05, 0.1) is 12.2 Å². The standard InChI is InChI=1S/C11H12BrIO2/c1-2-15-11(14)9-4-3-8(5-6-12)10(13)7-9/h3-4,7H,2,5-6H2,1H3.